The standard InChI is InChI=1S/C28H19BrO/c29-26-19-27(24-15-11-22(12-16-24)20-7-3-1-4-8-20)30-28(26)25-17-13-23(14-18-25)21-9-5-2-6-10-21/h1-19H. The summed E-state index contributed by atoms with van der Waals surface area (Å²) in [7, 11) is 0. The number of hydrogen-bond donors (Lipinski definition) is 0. The minimum Gasteiger partial charge on any atom is -0.455 e. The molecule has 0 N–H and O–H groups in total. The normalized spacial score (nSPS) is 10.8. The van der Waals surface area contributed by atoms with Crippen LogP contribution in [0.15, 0.2) is 124 Å². The Balaban J connectivity index is 1.42. The molecule has 1 aromatic heterocycles. The van der Waals surface area contributed by atoms with E-state index in [1.54, 1.807) is 0 Å². The topological polar surface area (TPSA) is 13.1 Å². The fourth-order valence-corrected chi connectivity index (χ4v) is 4.13. The third-order valence-corrected chi connectivity index (χ3v) is 5.81. The Kier molecular flexibility index (Phi) is 5.08. The molecule has 144 valence electrons. The molecule has 0 unspecified atom stereocenters. The van der Waals surface area contributed by atoms with Crippen LogP contribution in [0.1, 0.15) is 0 Å². The smallest absolute Gasteiger partial charge is 0.148 e. The number of halogens is 1. The molecule has 0 saturated heterocycles. The molecule has 0 bridgehead atoms. The molecule has 4 aromatic carbocycles. The van der Waals surface area contributed by atoms with Crippen LogP contribution in [0, 0.1) is 0 Å². The lowest BCUT2D eigenvalue weighted by molar-refractivity contribution is 0.596. The SMILES string of the molecule is Brc1cc(-c2ccc(-c3ccccc3)cc2)oc1-c1ccc(-c2ccccc2)cc1. The summed E-state index contributed by atoms with van der Waals surface area (Å²) in [5.41, 5.74) is 6.92. The van der Waals surface area contributed by atoms with Gasteiger partial charge >= 0.3 is 0 Å². The fraction of sp³-hybridized carbons (Fsp3) is 0. The average molecular weight is 451 g/mol. The molecule has 0 aliphatic rings. The van der Waals surface area contributed by atoms with Gasteiger partial charge in [0.25, 0.3) is 0 Å². The van der Waals surface area contributed by atoms with Gasteiger partial charge in [-0.3, -0.25) is 0 Å². The number of hydrogen-bond acceptors (Lipinski definition) is 1. The van der Waals surface area contributed by atoms with Gasteiger partial charge in [-0.1, -0.05) is 109 Å². The first-order valence-corrected chi connectivity index (χ1v) is 10.7. The monoisotopic (exact) mass is 450 g/mol. The molecule has 0 aliphatic heterocycles. The highest BCUT2D eigenvalue weighted by Crippen LogP contribution is 2.37. The molecule has 5 rings (SSSR count). The highest BCUT2D eigenvalue weighted by molar-refractivity contribution is 9.10. The van der Waals surface area contributed by atoms with Crippen molar-refractivity contribution in [1.82, 2.24) is 0 Å². The van der Waals surface area contributed by atoms with Crippen molar-refractivity contribution in [3.8, 4) is 44.9 Å². The maximum Gasteiger partial charge on any atom is 0.148 e. The van der Waals surface area contributed by atoms with Gasteiger partial charge in [0.1, 0.15) is 11.5 Å². The molecule has 5 aromatic rings. The summed E-state index contributed by atoms with van der Waals surface area (Å²) < 4.78 is 7.19. The first-order chi connectivity index (χ1) is 14.8. The molecule has 0 aliphatic carbocycles. The summed E-state index contributed by atoms with van der Waals surface area (Å²) in [6, 6.07) is 39.8. The Morgan fingerprint density at radius 3 is 1.33 bits per heavy atom. The minimum absolute atomic E-state index is 0.844. The molecule has 0 spiro atoms. The van der Waals surface area contributed by atoms with Gasteiger partial charge in [0.05, 0.1) is 4.47 Å². The quantitative estimate of drug-likeness (QED) is 0.266. The molecule has 30 heavy (non-hydrogen) atoms. The summed E-state index contributed by atoms with van der Waals surface area (Å²) in [6.07, 6.45) is 0. The summed E-state index contributed by atoms with van der Waals surface area (Å²) in [5.74, 6) is 1.69. The molecule has 1 heterocycles. The number of benzene rings is 4. The van der Waals surface area contributed by atoms with Crippen molar-refractivity contribution < 1.29 is 4.42 Å². The second-order valence-corrected chi connectivity index (χ2v) is 8.03. The number of furan rings is 1. The highest BCUT2D eigenvalue weighted by Gasteiger charge is 2.13. The van der Waals surface area contributed by atoms with Crippen LogP contribution in [-0.2, 0) is 0 Å². The predicted molar refractivity (Wildman–Crippen MR) is 128 cm³/mol. The van der Waals surface area contributed by atoms with Crippen molar-refractivity contribution in [1.29, 1.82) is 0 Å². The van der Waals surface area contributed by atoms with E-state index in [2.05, 4.69) is 113 Å². The number of rotatable bonds is 4. The summed E-state index contributed by atoms with van der Waals surface area (Å²) in [6.45, 7) is 0. The van der Waals surface area contributed by atoms with E-state index in [1.807, 2.05) is 18.2 Å². The van der Waals surface area contributed by atoms with Crippen molar-refractivity contribution >= 4 is 15.9 Å². The van der Waals surface area contributed by atoms with Gasteiger partial charge in [0.2, 0.25) is 0 Å². The lowest BCUT2D eigenvalue weighted by Gasteiger charge is -2.04. The molecular formula is C28H19BrO. The molecule has 0 amide bonds. The second-order valence-electron chi connectivity index (χ2n) is 7.17. The fourth-order valence-electron chi connectivity index (χ4n) is 3.61. The first-order valence-electron chi connectivity index (χ1n) is 9.89. The van der Waals surface area contributed by atoms with Crippen molar-refractivity contribution in [2.24, 2.45) is 0 Å². The Morgan fingerprint density at radius 2 is 0.833 bits per heavy atom. The van der Waals surface area contributed by atoms with E-state index in [1.165, 1.54) is 22.3 Å². The summed E-state index contributed by atoms with van der Waals surface area (Å²) >= 11 is 3.67. The molecular weight excluding hydrogens is 432 g/mol. The largest absolute Gasteiger partial charge is 0.455 e. The van der Waals surface area contributed by atoms with Crippen molar-refractivity contribution in [3.63, 3.8) is 0 Å². The lowest BCUT2D eigenvalue weighted by atomic mass is 10.0. The van der Waals surface area contributed by atoms with E-state index in [4.69, 9.17) is 4.42 Å². The highest BCUT2D eigenvalue weighted by atomic mass is 79.9. The van der Waals surface area contributed by atoms with E-state index in [0.717, 1.165) is 27.1 Å². The third-order valence-electron chi connectivity index (χ3n) is 5.22. The van der Waals surface area contributed by atoms with E-state index in [0.29, 0.717) is 0 Å². The Morgan fingerprint density at radius 1 is 0.433 bits per heavy atom. The summed E-state index contributed by atoms with van der Waals surface area (Å²) in [4.78, 5) is 0. The zero-order chi connectivity index (χ0) is 20.3. The van der Waals surface area contributed by atoms with Crippen LogP contribution in [0.2, 0.25) is 0 Å². The van der Waals surface area contributed by atoms with Crippen LogP contribution >= 0.6 is 15.9 Å². The minimum atomic E-state index is 0.844. The molecule has 2 heteroatoms. The second kappa shape index (κ2) is 8.17. The van der Waals surface area contributed by atoms with Gasteiger partial charge in [-0.25, -0.2) is 0 Å². The molecule has 0 saturated carbocycles. The van der Waals surface area contributed by atoms with Crippen LogP contribution in [0.4, 0.5) is 0 Å². The van der Waals surface area contributed by atoms with Crippen LogP contribution in [0.5, 0.6) is 0 Å². The molecule has 1 nitrogen and oxygen atoms in total. The molecule has 0 fully saturated rings. The van der Waals surface area contributed by atoms with Gasteiger partial charge in [0, 0.05) is 11.1 Å². The van der Waals surface area contributed by atoms with Gasteiger partial charge < -0.3 is 4.42 Å². The van der Waals surface area contributed by atoms with E-state index in [9.17, 15) is 0 Å². The van der Waals surface area contributed by atoms with Gasteiger partial charge in [-0.15, -0.1) is 0 Å². The van der Waals surface area contributed by atoms with Crippen molar-refractivity contribution in [2.75, 3.05) is 0 Å². The van der Waals surface area contributed by atoms with Crippen LogP contribution < -0.4 is 0 Å². The van der Waals surface area contributed by atoms with E-state index < -0.39 is 0 Å². The molecule has 0 atom stereocenters. The van der Waals surface area contributed by atoms with Gasteiger partial charge in [-0.2, -0.15) is 0 Å². The maximum absolute atomic E-state index is 6.23. The lowest BCUT2D eigenvalue weighted by Crippen LogP contribution is -1.79. The predicted octanol–water partition coefficient (Wildman–Crippen LogP) is 8.71. The zero-order valence-electron chi connectivity index (χ0n) is 16.3. The Bertz CT molecular complexity index is 1250. The third kappa shape index (κ3) is 3.74. The van der Waals surface area contributed by atoms with Gasteiger partial charge in [0.15, 0.2) is 0 Å². The van der Waals surface area contributed by atoms with E-state index >= 15 is 0 Å². The average Bonchev–Trinajstić information content (AvgIpc) is 3.22. The van der Waals surface area contributed by atoms with Crippen LogP contribution in [-0.4, -0.2) is 0 Å². The maximum atomic E-state index is 6.23. The van der Waals surface area contributed by atoms with Crippen molar-refractivity contribution in [3.05, 3.63) is 120 Å². The molecule has 0 radical (unpaired) electrons. The van der Waals surface area contributed by atoms with Gasteiger partial charge in [-0.05, 0) is 44.3 Å². The zero-order valence-corrected chi connectivity index (χ0v) is 17.8. The first kappa shape index (κ1) is 18.7. The summed E-state index contributed by atoms with van der Waals surface area (Å²) in [5, 5.41) is 0. The van der Waals surface area contributed by atoms with Crippen LogP contribution in [0.3, 0.4) is 0 Å². The van der Waals surface area contributed by atoms with Crippen molar-refractivity contribution in [2.45, 2.75) is 0 Å². The van der Waals surface area contributed by atoms with Crippen LogP contribution in [0.25, 0.3) is 44.9 Å². The van der Waals surface area contributed by atoms with E-state index in [-0.39, 0.29) is 0 Å². The Hall–Kier alpha value is -3.36. The Labute approximate surface area is 184 Å².